The molecule has 0 radical (unpaired) electrons. The van der Waals surface area contributed by atoms with Crippen LogP contribution < -0.4 is 0 Å². The molecule has 218 valence electrons. The number of hydrogen-bond acceptors (Lipinski definition) is 3. The van der Waals surface area contributed by atoms with E-state index in [4.69, 9.17) is 9.97 Å². The van der Waals surface area contributed by atoms with Gasteiger partial charge in [-0.15, -0.1) is 0 Å². The Morgan fingerprint density at radius 2 is 0.957 bits per heavy atom. The quantitative estimate of drug-likeness (QED) is 0.198. The molecule has 0 saturated carbocycles. The van der Waals surface area contributed by atoms with Crippen LogP contribution in [0.1, 0.15) is 0 Å². The van der Waals surface area contributed by atoms with Crippen molar-refractivity contribution in [3.05, 3.63) is 158 Å². The summed E-state index contributed by atoms with van der Waals surface area (Å²) in [4.78, 5) is 12.9. The van der Waals surface area contributed by atoms with Crippen LogP contribution in [-0.2, 0) is 0 Å². The van der Waals surface area contributed by atoms with Gasteiger partial charge in [-0.05, 0) is 80.0 Å². The second-order valence-electron chi connectivity index (χ2n) is 12.2. The van der Waals surface area contributed by atoms with Gasteiger partial charge in [0.1, 0.15) is 0 Å². The molecule has 2 aliphatic rings. The molecule has 10 rings (SSSR count). The first-order valence-corrected chi connectivity index (χ1v) is 16.7. The molecule has 0 fully saturated rings. The Morgan fingerprint density at radius 3 is 1.79 bits per heavy atom. The maximum absolute atomic E-state index is 5.20. The predicted molar refractivity (Wildman–Crippen MR) is 195 cm³/mol. The van der Waals surface area contributed by atoms with E-state index in [1.54, 1.807) is 0 Å². The monoisotopic (exact) mass is 614 g/mol. The Bertz CT molecular complexity index is 2540. The Balaban J connectivity index is 1.22. The van der Waals surface area contributed by atoms with Crippen LogP contribution >= 0.6 is 11.8 Å². The molecule has 2 heterocycles. The molecule has 8 aromatic rings. The maximum atomic E-state index is 5.20. The highest BCUT2D eigenvalue weighted by atomic mass is 32.2. The summed E-state index contributed by atoms with van der Waals surface area (Å²) >= 11 is 1.86. The molecule has 6 bridgehead atoms. The first-order valence-electron chi connectivity index (χ1n) is 15.9. The summed E-state index contributed by atoms with van der Waals surface area (Å²) in [7, 11) is 0. The number of fused-ring (bicyclic) bond motifs is 4. The lowest BCUT2D eigenvalue weighted by molar-refractivity contribution is 1.18. The molecule has 2 nitrogen and oxygen atoms in total. The molecular formula is C44H26N2S. The van der Waals surface area contributed by atoms with Gasteiger partial charge in [-0.2, -0.15) is 0 Å². The fraction of sp³-hybridized carbons (Fsp3) is 0. The lowest BCUT2D eigenvalue weighted by Gasteiger charge is -2.21. The maximum Gasteiger partial charge on any atom is 0.160 e. The van der Waals surface area contributed by atoms with Crippen LogP contribution in [-0.4, -0.2) is 9.97 Å². The highest BCUT2D eigenvalue weighted by Gasteiger charge is 2.29. The first kappa shape index (κ1) is 26.4. The van der Waals surface area contributed by atoms with Crippen molar-refractivity contribution in [2.24, 2.45) is 0 Å². The zero-order valence-corrected chi connectivity index (χ0v) is 26.1. The standard InChI is InChI=1S/C44H26N2S/c1-2-11-28(12-3-1)44-45-38(30-21-20-27-10-4-5-13-29(27)24-30)26-39(46-44)31-22-23-40-37(25-31)42-33-16-8-17-35(42)36-18-9-19-41(47-40)43(36)34-15-7-6-14-32(33)34/h1-26H. The Labute approximate surface area is 277 Å². The largest absolute Gasteiger partial charge is 0.228 e. The molecule has 0 atom stereocenters. The molecule has 0 N–H and O–H groups in total. The molecule has 3 heteroatoms. The van der Waals surface area contributed by atoms with Crippen molar-refractivity contribution in [2.45, 2.75) is 9.79 Å². The number of benzene rings is 7. The van der Waals surface area contributed by atoms with E-state index < -0.39 is 0 Å². The topological polar surface area (TPSA) is 25.8 Å². The zero-order chi connectivity index (χ0) is 30.9. The lowest BCUT2D eigenvalue weighted by Crippen LogP contribution is -1.97. The van der Waals surface area contributed by atoms with Gasteiger partial charge in [0, 0.05) is 32.0 Å². The molecule has 7 aromatic carbocycles. The minimum Gasteiger partial charge on any atom is -0.228 e. The van der Waals surface area contributed by atoms with Gasteiger partial charge >= 0.3 is 0 Å². The lowest BCUT2D eigenvalue weighted by atomic mass is 9.88. The van der Waals surface area contributed by atoms with Gasteiger partial charge < -0.3 is 0 Å². The summed E-state index contributed by atoms with van der Waals surface area (Å²) in [5.74, 6) is 0.722. The average Bonchev–Trinajstić information content (AvgIpc) is 3.17. The van der Waals surface area contributed by atoms with Gasteiger partial charge in [0.2, 0.25) is 0 Å². The van der Waals surface area contributed by atoms with Gasteiger partial charge in [-0.25, -0.2) is 9.97 Å². The molecule has 1 aliphatic heterocycles. The summed E-state index contributed by atoms with van der Waals surface area (Å²) in [6.45, 7) is 0. The Hall–Kier alpha value is -5.77. The van der Waals surface area contributed by atoms with Crippen molar-refractivity contribution in [1.82, 2.24) is 9.97 Å². The Kier molecular flexibility index (Phi) is 5.84. The van der Waals surface area contributed by atoms with E-state index in [1.807, 2.05) is 30.0 Å². The van der Waals surface area contributed by atoms with Crippen LogP contribution in [0.5, 0.6) is 0 Å². The van der Waals surface area contributed by atoms with E-state index in [1.165, 1.54) is 65.1 Å². The third-order valence-electron chi connectivity index (χ3n) is 9.44. The number of hydrogen-bond donors (Lipinski definition) is 0. The summed E-state index contributed by atoms with van der Waals surface area (Å²) < 4.78 is 0. The summed E-state index contributed by atoms with van der Waals surface area (Å²) in [5.41, 5.74) is 15.2. The van der Waals surface area contributed by atoms with Crippen molar-refractivity contribution in [3.63, 3.8) is 0 Å². The van der Waals surface area contributed by atoms with Crippen molar-refractivity contribution >= 4 is 22.5 Å². The van der Waals surface area contributed by atoms with Crippen LogP contribution in [0, 0.1) is 0 Å². The van der Waals surface area contributed by atoms with Crippen LogP contribution in [0.25, 0.3) is 89.2 Å². The highest BCUT2D eigenvalue weighted by molar-refractivity contribution is 7.99. The second kappa shape index (κ2) is 10.4. The third-order valence-corrected chi connectivity index (χ3v) is 10.6. The van der Waals surface area contributed by atoms with E-state index in [9.17, 15) is 0 Å². The summed E-state index contributed by atoms with van der Waals surface area (Å²) in [5, 5.41) is 2.41. The van der Waals surface area contributed by atoms with E-state index in [2.05, 4.69) is 140 Å². The van der Waals surface area contributed by atoms with Crippen molar-refractivity contribution in [2.75, 3.05) is 0 Å². The molecule has 0 saturated heterocycles. The molecule has 1 aliphatic carbocycles. The molecule has 1 aromatic heterocycles. The number of rotatable bonds is 3. The first-order chi connectivity index (χ1) is 23.3. The van der Waals surface area contributed by atoms with Gasteiger partial charge in [0.05, 0.1) is 11.4 Å². The second-order valence-corrected chi connectivity index (χ2v) is 13.2. The minimum atomic E-state index is 0.722. The van der Waals surface area contributed by atoms with E-state index >= 15 is 0 Å². The summed E-state index contributed by atoms with van der Waals surface area (Å²) in [6, 6.07) is 56.8. The molecule has 0 unspecified atom stereocenters. The highest BCUT2D eigenvalue weighted by Crippen LogP contribution is 2.57. The van der Waals surface area contributed by atoms with Crippen LogP contribution in [0.15, 0.2) is 168 Å². The number of nitrogens with zero attached hydrogens (tertiary/aromatic N) is 2. The van der Waals surface area contributed by atoms with E-state index in [-0.39, 0.29) is 0 Å². The molecular weight excluding hydrogens is 589 g/mol. The van der Waals surface area contributed by atoms with Crippen LogP contribution in [0.4, 0.5) is 0 Å². The van der Waals surface area contributed by atoms with E-state index in [0.717, 1.165) is 33.9 Å². The van der Waals surface area contributed by atoms with Gasteiger partial charge in [0.25, 0.3) is 0 Å². The fourth-order valence-corrected chi connectivity index (χ4v) is 8.36. The SMILES string of the molecule is c1ccc(-c2nc(-c3ccc4c(c3)-c3c5cccc3-c3cccc(c3-c3ccccc3-5)S4)cc(-c3ccc4ccccc4c3)n2)cc1. The van der Waals surface area contributed by atoms with Gasteiger partial charge in [-0.1, -0.05) is 139 Å². The van der Waals surface area contributed by atoms with Gasteiger partial charge in [0.15, 0.2) is 5.82 Å². The predicted octanol–water partition coefficient (Wildman–Crippen LogP) is 12.1. The van der Waals surface area contributed by atoms with Crippen LogP contribution in [0.2, 0.25) is 0 Å². The van der Waals surface area contributed by atoms with Crippen molar-refractivity contribution < 1.29 is 0 Å². The molecule has 47 heavy (non-hydrogen) atoms. The van der Waals surface area contributed by atoms with Crippen molar-refractivity contribution in [3.8, 4) is 78.4 Å². The normalized spacial score (nSPS) is 12.2. The molecule has 0 amide bonds. The summed E-state index contributed by atoms with van der Waals surface area (Å²) in [6.07, 6.45) is 0. The Morgan fingerprint density at radius 1 is 0.340 bits per heavy atom. The number of aromatic nitrogens is 2. The smallest absolute Gasteiger partial charge is 0.160 e. The minimum absolute atomic E-state index is 0.722. The third kappa shape index (κ3) is 4.21. The average molecular weight is 615 g/mol. The van der Waals surface area contributed by atoms with Crippen molar-refractivity contribution in [1.29, 1.82) is 0 Å². The molecule has 0 spiro atoms. The van der Waals surface area contributed by atoms with E-state index in [0.29, 0.717) is 0 Å². The zero-order valence-electron chi connectivity index (χ0n) is 25.3. The van der Waals surface area contributed by atoms with Crippen LogP contribution in [0.3, 0.4) is 0 Å². The fourth-order valence-electron chi connectivity index (χ4n) is 7.25. The van der Waals surface area contributed by atoms with Gasteiger partial charge in [-0.3, -0.25) is 0 Å².